The van der Waals surface area contributed by atoms with Crippen LogP contribution >= 0.6 is 0 Å². The van der Waals surface area contributed by atoms with Crippen molar-refractivity contribution in [1.29, 1.82) is 0 Å². The first-order valence-electron chi connectivity index (χ1n) is 5.87. The molecule has 4 nitrogen and oxygen atoms in total. The molecule has 1 aromatic heterocycles. The van der Waals surface area contributed by atoms with Crippen LogP contribution in [0.25, 0.3) is 0 Å². The van der Waals surface area contributed by atoms with Gasteiger partial charge in [0.2, 0.25) is 5.95 Å². The molecule has 2 heterocycles. The van der Waals surface area contributed by atoms with Gasteiger partial charge in [-0.25, -0.2) is 4.98 Å². The Balaban J connectivity index is 2.02. The van der Waals surface area contributed by atoms with Gasteiger partial charge in [-0.3, -0.25) is 0 Å². The molecule has 1 fully saturated rings. The average molecular weight is 223 g/mol. The molecule has 0 bridgehead atoms. The summed E-state index contributed by atoms with van der Waals surface area (Å²) in [5.41, 5.74) is 1.03. The molecule has 1 unspecified atom stereocenters. The van der Waals surface area contributed by atoms with Crippen LogP contribution in [0.3, 0.4) is 0 Å². The summed E-state index contributed by atoms with van der Waals surface area (Å²) in [6.45, 7) is 7.13. The lowest BCUT2D eigenvalue weighted by Gasteiger charge is -2.35. The van der Waals surface area contributed by atoms with Crippen molar-refractivity contribution in [3.8, 4) is 0 Å². The zero-order valence-electron chi connectivity index (χ0n) is 10.6. The molecule has 0 amide bonds. The Morgan fingerprint density at radius 2 is 2.31 bits per heavy atom. The van der Waals surface area contributed by atoms with Crippen LogP contribution in [0.4, 0.5) is 5.95 Å². The molecule has 0 radical (unpaired) electrons. The fraction of sp³-hybridized carbons (Fsp3) is 0.750. The fourth-order valence-electron chi connectivity index (χ4n) is 2.29. The van der Waals surface area contributed by atoms with Crippen molar-refractivity contribution in [2.75, 3.05) is 11.9 Å². The molecule has 1 N–H and O–H groups in total. The third-order valence-electron chi connectivity index (χ3n) is 3.03. The van der Waals surface area contributed by atoms with Gasteiger partial charge in [-0.05, 0) is 33.6 Å². The molecule has 1 aliphatic heterocycles. The topological polar surface area (TPSA) is 39.1 Å². The van der Waals surface area contributed by atoms with Crippen LogP contribution in [0, 0.1) is 6.92 Å². The van der Waals surface area contributed by atoms with Crippen molar-refractivity contribution in [3.63, 3.8) is 0 Å². The Kier molecular flexibility index (Phi) is 2.93. The smallest absolute Gasteiger partial charge is 0.202 e. The van der Waals surface area contributed by atoms with Gasteiger partial charge < -0.3 is 14.6 Å². The minimum Gasteiger partial charge on any atom is -0.375 e. The average Bonchev–Trinajstić information content (AvgIpc) is 2.43. The quantitative estimate of drug-likeness (QED) is 0.834. The first-order valence-corrected chi connectivity index (χ1v) is 5.87. The molecule has 1 atom stereocenters. The number of nitrogens with zero attached hydrogens (tertiary/aromatic N) is 2. The summed E-state index contributed by atoms with van der Waals surface area (Å²) in [7, 11) is 2.02. The van der Waals surface area contributed by atoms with Gasteiger partial charge in [-0.2, -0.15) is 0 Å². The molecule has 2 rings (SSSR count). The van der Waals surface area contributed by atoms with E-state index in [9.17, 15) is 0 Å². The highest BCUT2D eigenvalue weighted by Crippen LogP contribution is 2.25. The van der Waals surface area contributed by atoms with Gasteiger partial charge in [-0.1, -0.05) is 0 Å². The van der Waals surface area contributed by atoms with E-state index in [2.05, 4.69) is 24.1 Å². The lowest BCUT2D eigenvalue weighted by atomic mass is 9.94. The monoisotopic (exact) mass is 223 g/mol. The zero-order valence-corrected chi connectivity index (χ0v) is 10.6. The van der Waals surface area contributed by atoms with Gasteiger partial charge in [0, 0.05) is 25.9 Å². The molecular weight excluding hydrogens is 202 g/mol. The van der Waals surface area contributed by atoms with Gasteiger partial charge in [0.1, 0.15) is 0 Å². The molecular formula is C12H21N3O. The molecule has 0 saturated carbocycles. The van der Waals surface area contributed by atoms with Crippen LogP contribution < -0.4 is 5.32 Å². The van der Waals surface area contributed by atoms with E-state index in [1.54, 1.807) is 0 Å². The third kappa shape index (κ3) is 2.55. The number of anilines is 1. The predicted molar refractivity (Wildman–Crippen MR) is 64.6 cm³/mol. The van der Waals surface area contributed by atoms with Crippen molar-refractivity contribution in [2.24, 2.45) is 7.05 Å². The number of hydrogen-bond acceptors (Lipinski definition) is 3. The second-order valence-corrected chi connectivity index (χ2v) is 5.26. The van der Waals surface area contributed by atoms with Crippen LogP contribution in [-0.2, 0) is 11.8 Å². The summed E-state index contributed by atoms with van der Waals surface area (Å²) in [5, 5.41) is 3.50. The minimum absolute atomic E-state index is 0.0177. The van der Waals surface area contributed by atoms with Gasteiger partial charge in [0.25, 0.3) is 0 Å². The Morgan fingerprint density at radius 3 is 2.88 bits per heavy atom. The normalized spacial score (nSPS) is 24.4. The van der Waals surface area contributed by atoms with Gasteiger partial charge >= 0.3 is 0 Å². The predicted octanol–water partition coefficient (Wildman–Crippen LogP) is 2.10. The lowest BCUT2D eigenvalue weighted by molar-refractivity contribution is -0.0554. The molecule has 4 heteroatoms. The number of ether oxygens (including phenoxy) is 1. The van der Waals surface area contributed by atoms with E-state index in [-0.39, 0.29) is 5.60 Å². The summed E-state index contributed by atoms with van der Waals surface area (Å²) in [4.78, 5) is 4.46. The summed E-state index contributed by atoms with van der Waals surface area (Å²) >= 11 is 0. The van der Waals surface area contributed by atoms with Crippen LogP contribution in [0.1, 0.15) is 32.4 Å². The van der Waals surface area contributed by atoms with E-state index in [0.29, 0.717) is 6.04 Å². The summed E-state index contributed by atoms with van der Waals surface area (Å²) < 4.78 is 7.74. The van der Waals surface area contributed by atoms with E-state index >= 15 is 0 Å². The highest BCUT2D eigenvalue weighted by molar-refractivity contribution is 5.30. The number of imidazole rings is 1. The SMILES string of the molecule is Cc1cn(C)c(NC2CCOC(C)(C)C2)n1. The largest absolute Gasteiger partial charge is 0.375 e. The third-order valence-corrected chi connectivity index (χ3v) is 3.03. The van der Waals surface area contributed by atoms with Crippen LogP contribution in [0.5, 0.6) is 0 Å². The molecule has 0 spiro atoms. The van der Waals surface area contributed by atoms with E-state index in [4.69, 9.17) is 4.74 Å². The lowest BCUT2D eigenvalue weighted by Crippen LogP contribution is -2.40. The minimum atomic E-state index is -0.0177. The molecule has 1 aliphatic rings. The molecule has 0 aliphatic carbocycles. The Bertz CT molecular complexity index is 370. The Labute approximate surface area is 97.0 Å². The van der Waals surface area contributed by atoms with Crippen LogP contribution in [-0.4, -0.2) is 27.8 Å². The van der Waals surface area contributed by atoms with Crippen LogP contribution in [0.15, 0.2) is 6.20 Å². The van der Waals surface area contributed by atoms with Crippen molar-refractivity contribution < 1.29 is 4.74 Å². The molecule has 16 heavy (non-hydrogen) atoms. The Hall–Kier alpha value is -1.03. The highest BCUT2D eigenvalue weighted by atomic mass is 16.5. The second-order valence-electron chi connectivity index (χ2n) is 5.26. The Morgan fingerprint density at radius 1 is 1.56 bits per heavy atom. The molecule has 1 saturated heterocycles. The number of hydrogen-bond donors (Lipinski definition) is 1. The maximum Gasteiger partial charge on any atom is 0.202 e. The van der Waals surface area contributed by atoms with E-state index in [1.165, 1.54) is 0 Å². The van der Waals surface area contributed by atoms with Crippen molar-refractivity contribution >= 4 is 5.95 Å². The summed E-state index contributed by atoms with van der Waals surface area (Å²) in [5.74, 6) is 0.959. The summed E-state index contributed by atoms with van der Waals surface area (Å²) in [6, 6.07) is 0.462. The summed E-state index contributed by atoms with van der Waals surface area (Å²) in [6.07, 6.45) is 4.11. The van der Waals surface area contributed by atoms with Gasteiger partial charge in [-0.15, -0.1) is 0 Å². The second kappa shape index (κ2) is 4.09. The first kappa shape index (κ1) is 11.5. The van der Waals surface area contributed by atoms with Crippen molar-refractivity contribution in [1.82, 2.24) is 9.55 Å². The maximum atomic E-state index is 5.70. The number of aromatic nitrogens is 2. The molecule has 0 aromatic carbocycles. The fourth-order valence-corrected chi connectivity index (χ4v) is 2.29. The number of aryl methyl sites for hydroxylation is 2. The molecule has 1 aromatic rings. The van der Waals surface area contributed by atoms with E-state index < -0.39 is 0 Å². The van der Waals surface area contributed by atoms with Crippen LogP contribution in [0.2, 0.25) is 0 Å². The van der Waals surface area contributed by atoms with Crippen molar-refractivity contribution in [2.45, 2.75) is 45.3 Å². The first-order chi connectivity index (χ1) is 7.46. The standard InChI is InChI=1S/C12H21N3O/c1-9-8-15(4)11(13-9)14-10-5-6-16-12(2,3)7-10/h8,10H,5-7H2,1-4H3,(H,13,14). The van der Waals surface area contributed by atoms with Gasteiger partial charge in [0.15, 0.2) is 0 Å². The van der Waals surface area contributed by atoms with Gasteiger partial charge in [0.05, 0.1) is 11.3 Å². The van der Waals surface area contributed by atoms with E-state index in [0.717, 1.165) is 31.1 Å². The zero-order chi connectivity index (χ0) is 11.8. The van der Waals surface area contributed by atoms with E-state index in [1.807, 2.05) is 24.7 Å². The highest BCUT2D eigenvalue weighted by Gasteiger charge is 2.29. The maximum absolute atomic E-state index is 5.70. The number of rotatable bonds is 2. The molecule has 90 valence electrons. The van der Waals surface area contributed by atoms with Crippen molar-refractivity contribution in [3.05, 3.63) is 11.9 Å². The number of nitrogens with one attached hydrogen (secondary N) is 1.